The Hall–Kier alpha value is -1.59. The standard InChI is InChI=1S/C18H26ClN3O2/c1-12(13-5-4-8-21-11-13)9-16(23)22-18(2,17(20)24)14-6-3-7-15(19)10-14/h3,6-7,10,12-13,21H,4-5,8-9,11H2,1-2H3,(H2,20,24)(H,22,23). The molecule has 1 aliphatic heterocycles. The number of primary amides is 1. The lowest BCUT2D eigenvalue weighted by Crippen LogP contribution is -2.53. The van der Waals surface area contributed by atoms with Gasteiger partial charge in [-0.2, -0.15) is 0 Å². The summed E-state index contributed by atoms with van der Waals surface area (Å²) in [6, 6.07) is 6.85. The summed E-state index contributed by atoms with van der Waals surface area (Å²) in [6.07, 6.45) is 2.64. The minimum absolute atomic E-state index is 0.172. The summed E-state index contributed by atoms with van der Waals surface area (Å²) in [5, 5.41) is 6.68. The van der Waals surface area contributed by atoms with Crippen LogP contribution in [0.3, 0.4) is 0 Å². The van der Waals surface area contributed by atoms with E-state index in [1.54, 1.807) is 31.2 Å². The monoisotopic (exact) mass is 351 g/mol. The van der Waals surface area contributed by atoms with Crippen LogP contribution in [0.5, 0.6) is 0 Å². The summed E-state index contributed by atoms with van der Waals surface area (Å²) in [7, 11) is 0. The van der Waals surface area contributed by atoms with Gasteiger partial charge in [0, 0.05) is 11.4 Å². The van der Waals surface area contributed by atoms with Gasteiger partial charge in [0.15, 0.2) is 0 Å². The zero-order valence-electron chi connectivity index (χ0n) is 14.3. The second-order valence-corrected chi connectivity index (χ2v) is 7.27. The van der Waals surface area contributed by atoms with Crippen molar-refractivity contribution in [2.45, 2.75) is 38.6 Å². The number of nitrogens with two attached hydrogens (primary N) is 1. The number of rotatable bonds is 6. The zero-order valence-corrected chi connectivity index (χ0v) is 15.0. The van der Waals surface area contributed by atoms with Crippen LogP contribution in [-0.4, -0.2) is 24.9 Å². The van der Waals surface area contributed by atoms with Crippen LogP contribution >= 0.6 is 11.6 Å². The Morgan fingerprint density at radius 1 is 1.50 bits per heavy atom. The molecule has 0 saturated carbocycles. The van der Waals surface area contributed by atoms with Gasteiger partial charge in [0.1, 0.15) is 5.54 Å². The lowest BCUT2D eigenvalue weighted by Gasteiger charge is -2.31. The molecule has 1 aromatic carbocycles. The number of piperidine rings is 1. The van der Waals surface area contributed by atoms with E-state index >= 15 is 0 Å². The lowest BCUT2D eigenvalue weighted by atomic mass is 9.84. The molecule has 1 aromatic rings. The van der Waals surface area contributed by atoms with E-state index in [2.05, 4.69) is 17.6 Å². The van der Waals surface area contributed by atoms with Crippen molar-refractivity contribution >= 4 is 23.4 Å². The highest BCUT2D eigenvalue weighted by molar-refractivity contribution is 6.30. The molecule has 132 valence electrons. The fourth-order valence-electron chi connectivity index (χ4n) is 3.23. The van der Waals surface area contributed by atoms with Crippen LogP contribution in [0, 0.1) is 11.8 Å². The first-order valence-corrected chi connectivity index (χ1v) is 8.78. The second-order valence-electron chi connectivity index (χ2n) is 6.84. The molecular weight excluding hydrogens is 326 g/mol. The van der Waals surface area contributed by atoms with E-state index < -0.39 is 11.4 Å². The van der Waals surface area contributed by atoms with Crippen LogP contribution in [-0.2, 0) is 15.1 Å². The fourth-order valence-corrected chi connectivity index (χ4v) is 3.42. The lowest BCUT2D eigenvalue weighted by molar-refractivity contribution is -0.132. The average molecular weight is 352 g/mol. The van der Waals surface area contributed by atoms with Gasteiger partial charge in [0.25, 0.3) is 0 Å². The maximum Gasteiger partial charge on any atom is 0.247 e. The summed E-state index contributed by atoms with van der Waals surface area (Å²) in [6.45, 7) is 5.68. The summed E-state index contributed by atoms with van der Waals surface area (Å²) in [5.74, 6) is -0.0516. The molecule has 3 unspecified atom stereocenters. The Morgan fingerprint density at radius 2 is 2.25 bits per heavy atom. The molecule has 1 saturated heterocycles. The van der Waals surface area contributed by atoms with E-state index in [4.69, 9.17) is 17.3 Å². The molecule has 2 rings (SSSR count). The van der Waals surface area contributed by atoms with Gasteiger partial charge < -0.3 is 16.4 Å². The molecule has 1 fully saturated rings. The number of hydrogen-bond donors (Lipinski definition) is 3. The van der Waals surface area contributed by atoms with Gasteiger partial charge in [-0.3, -0.25) is 9.59 Å². The van der Waals surface area contributed by atoms with Crippen molar-refractivity contribution in [3.05, 3.63) is 34.9 Å². The summed E-state index contributed by atoms with van der Waals surface area (Å²) in [5.41, 5.74) is 4.88. The average Bonchev–Trinajstić information content (AvgIpc) is 2.55. The summed E-state index contributed by atoms with van der Waals surface area (Å²) < 4.78 is 0. The molecule has 0 radical (unpaired) electrons. The van der Waals surface area contributed by atoms with Crippen LogP contribution in [0.4, 0.5) is 0 Å². The Labute approximate surface area is 148 Å². The highest BCUT2D eigenvalue weighted by atomic mass is 35.5. The minimum Gasteiger partial charge on any atom is -0.367 e. The van der Waals surface area contributed by atoms with E-state index in [0.29, 0.717) is 22.9 Å². The van der Waals surface area contributed by atoms with Crippen molar-refractivity contribution in [2.24, 2.45) is 17.6 Å². The molecule has 0 aliphatic carbocycles. The van der Waals surface area contributed by atoms with Gasteiger partial charge in [-0.05, 0) is 62.4 Å². The van der Waals surface area contributed by atoms with E-state index in [0.717, 1.165) is 25.9 Å². The van der Waals surface area contributed by atoms with E-state index in [9.17, 15) is 9.59 Å². The highest BCUT2D eigenvalue weighted by Crippen LogP contribution is 2.26. The van der Waals surface area contributed by atoms with Crippen molar-refractivity contribution < 1.29 is 9.59 Å². The molecule has 24 heavy (non-hydrogen) atoms. The largest absolute Gasteiger partial charge is 0.367 e. The normalized spacial score (nSPS) is 21.5. The van der Waals surface area contributed by atoms with Crippen LogP contribution < -0.4 is 16.4 Å². The predicted molar refractivity (Wildman–Crippen MR) is 95.5 cm³/mol. The van der Waals surface area contributed by atoms with Crippen molar-refractivity contribution in [3.8, 4) is 0 Å². The molecule has 3 atom stereocenters. The Balaban J connectivity index is 2.07. The molecule has 0 aromatic heterocycles. The van der Waals surface area contributed by atoms with Crippen LogP contribution in [0.15, 0.2) is 24.3 Å². The van der Waals surface area contributed by atoms with Crippen molar-refractivity contribution in [3.63, 3.8) is 0 Å². The van der Waals surface area contributed by atoms with Crippen molar-refractivity contribution in [1.82, 2.24) is 10.6 Å². The minimum atomic E-state index is -1.27. The number of benzene rings is 1. The van der Waals surface area contributed by atoms with Gasteiger partial charge in [0.05, 0.1) is 0 Å². The number of nitrogens with one attached hydrogen (secondary N) is 2. The molecular formula is C18H26ClN3O2. The molecule has 2 amide bonds. The number of carbonyl (C=O) groups excluding carboxylic acids is 2. The zero-order chi connectivity index (χ0) is 17.7. The van der Waals surface area contributed by atoms with Crippen molar-refractivity contribution in [1.29, 1.82) is 0 Å². The van der Waals surface area contributed by atoms with Crippen LogP contribution in [0.25, 0.3) is 0 Å². The molecule has 1 aliphatic rings. The number of halogens is 1. The molecule has 0 spiro atoms. The number of amides is 2. The van der Waals surface area contributed by atoms with E-state index in [-0.39, 0.29) is 11.8 Å². The fraction of sp³-hybridized carbons (Fsp3) is 0.556. The van der Waals surface area contributed by atoms with Gasteiger partial charge in [-0.25, -0.2) is 0 Å². The molecule has 5 nitrogen and oxygen atoms in total. The molecule has 6 heteroatoms. The molecule has 0 bridgehead atoms. The third-order valence-electron chi connectivity index (χ3n) is 4.93. The summed E-state index contributed by atoms with van der Waals surface area (Å²) in [4.78, 5) is 24.5. The first-order chi connectivity index (χ1) is 11.3. The van der Waals surface area contributed by atoms with Crippen LogP contribution in [0.2, 0.25) is 5.02 Å². The molecule has 4 N–H and O–H groups in total. The first kappa shape index (κ1) is 18.7. The predicted octanol–water partition coefficient (Wildman–Crippen LogP) is 2.18. The van der Waals surface area contributed by atoms with Crippen LogP contribution in [0.1, 0.15) is 38.7 Å². The third kappa shape index (κ3) is 4.48. The third-order valence-corrected chi connectivity index (χ3v) is 5.17. The van der Waals surface area contributed by atoms with Crippen molar-refractivity contribution in [2.75, 3.05) is 13.1 Å². The smallest absolute Gasteiger partial charge is 0.247 e. The molecule has 1 heterocycles. The topological polar surface area (TPSA) is 84.2 Å². The Morgan fingerprint density at radius 3 is 2.83 bits per heavy atom. The number of carbonyl (C=O) groups is 2. The quantitative estimate of drug-likeness (QED) is 0.734. The van der Waals surface area contributed by atoms with E-state index in [1.165, 1.54) is 0 Å². The maximum atomic E-state index is 12.5. The SMILES string of the molecule is CC(CC(=O)NC(C)(C(N)=O)c1cccc(Cl)c1)C1CCCNC1. The van der Waals surface area contributed by atoms with Gasteiger partial charge in [0.2, 0.25) is 11.8 Å². The maximum absolute atomic E-state index is 12.5. The Bertz CT molecular complexity index is 602. The summed E-state index contributed by atoms with van der Waals surface area (Å²) >= 11 is 6.01. The second kappa shape index (κ2) is 7.99. The van der Waals surface area contributed by atoms with Gasteiger partial charge in [-0.15, -0.1) is 0 Å². The van der Waals surface area contributed by atoms with Gasteiger partial charge in [-0.1, -0.05) is 30.7 Å². The van der Waals surface area contributed by atoms with Gasteiger partial charge >= 0.3 is 0 Å². The Kier molecular flexibility index (Phi) is 6.24. The number of hydrogen-bond acceptors (Lipinski definition) is 3. The first-order valence-electron chi connectivity index (χ1n) is 8.40. The highest BCUT2D eigenvalue weighted by Gasteiger charge is 2.35. The van der Waals surface area contributed by atoms with E-state index in [1.807, 2.05) is 0 Å².